The molecule has 1 N–H and O–H groups in total. The Labute approximate surface area is 162 Å². The average molecular weight is 367 g/mol. The number of benzene rings is 2. The normalized spacial score (nSPS) is 15.0. The summed E-state index contributed by atoms with van der Waals surface area (Å²) in [6, 6.07) is 15.4. The number of amides is 1. The van der Waals surface area contributed by atoms with Gasteiger partial charge in [0.25, 0.3) is 5.91 Å². The molecule has 2 aromatic carbocycles. The molecule has 1 aliphatic rings. The third kappa shape index (κ3) is 5.49. The molecule has 1 amide bonds. The number of ether oxygens (including phenoxy) is 1. The van der Waals surface area contributed by atoms with Crippen molar-refractivity contribution in [2.24, 2.45) is 11.8 Å². The van der Waals surface area contributed by atoms with Gasteiger partial charge in [0.1, 0.15) is 5.75 Å². The van der Waals surface area contributed by atoms with Crippen LogP contribution in [0.1, 0.15) is 44.0 Å². The van der Waals surface area contributed by atoms with Gasteiger partial charge < -0.3 is 15.0 Å². The average Bonchev–Trinajstić information content (AvgIpc) is 2.68. The first-order valence-corrected chi connectivity index (χ1v) is 9.90. The van der Waals surface area contributed by atoms with Crippen LogP contribution >= 0.6 is 0 Å². The van der Waals surface area contributed by atoms with Crippen LogP contribution in [0.25, 0.3) is 0 Å². The van der Waals surface area contributed by atoms with E-state index in [1.807, 2.05) is 24.3 Å². The Balaban J connectivity index is 1.56. The van der Waals surface area contributed by atoms with Crippen molar-refractivity contribution in [3.05, 3.63) is 54.1 Å². The maximum absolute atomic E-state index is 12.5. The molecule has 4 heteroatoms. The van der Waals surface area contributed by atoms with E-state index in [2.05, 4.69) is 43.1 Å². The fourth-order valence-electron chi connectivity index (χ4n) is 3.19. The van der Waals surface area contributed by atoms with Crippen molar-refractivity contribution >= 4 is 17.3 Å². The van der Waals surface area contributed by atoms with Crippen LogP contribution in [0.15, 0.2) is 48.5 Å². The molecule has 0 radical (unpaired) electrons. The second-order valence-corrected chi connectivity index (χ2v) is 7.90. The molecule has 0 saturated carbocycles. The van der Waals surface area contributed by atoms with E-state index in [0.717, 1.165) is 30.4 Å². The lowest BCUT2D eigenvalue weighted by molar-refractivity contribution is 0.102. The molecule has 4 nitrogen and oxygen atoms in total. The molecule has 1 fully saturated rings. The summed E-state index contributed by atoms with van der Waals surface area (Å²) in [7, 11) is 0. The zero-order valence-corrected chi connectivity index (χ0v) is 16.6. The van der Waals surface area contributed by atoms with Gasteiger partial charge in [0.05, 0.1) is 6.61 Å². The number of hydrogen-bond acceptors (Lipinski definition) is 3. The fraction of sp³-hybridized carbons (Fsp3) is 0.435. The van der Waals surface area contributed by atoms with Crippen molar-refractivity contribution in [3.63, 3.8) is 0 Å². The van der Waals surface area contributed by atoms with Crippen LogP contribution in [-0.2, 0) is 0 Å². The SMILES string of the molecule is CC(C)COc1ccc(C(=O)Nc2ccc(N3CCC(C)CC3)cc2)cc1. The molecule has 0 aromatic heterocycles. The number of carbonyl (C=O) groups is 1. The van der Waals surface area contributed by atoms with E-state index in [1.165, 1.54) is 18.5 Å². The minimum atomic E-state index is -0.107. The third-order valence-corrected chi connectivity index (χ3v) is 4.97. The lowest BCUT2D eigenvalue weighted by Gasteiger charge is -2.32. The van der Waals surface area contributed by atoms with E-state index < -0.39 is 0 Å². The van der Waals surface area contributed by atoms with Crippen LogP contribution in [0.2, 0.25) is 0 Å². The molecule has 2 aromatic rings. The second kappa shape index (κ2) is 8.94. The zero-order chi connectivity index (χ0) is 19.2. The van der Waals surface area contributed by atoms with E-state index >= 15 is 0 Å². The number of anilines is 2. The number of piperidine rings is 1. The van der Waals surface area contributed by atoms with Gasteiger partial charge in [-0.05, 0) is 73.2 Å². The Hall–Kier alpha value is -2.49. The highest BCUT2D eigenvalue weighted by molar-refractivity contribution is 6.04. The molecule has 1 saturated heterocycles. The first-order chi connectivity index (χ1) is 13.0. The summed E-state index contributed by atoms with van der Waals surface area (Å²) in [5.74, 6) is 1.98. The largest absolute Gasteiger partial charge is 0.493 e. The Morgan fingerprint density at radius 3 is 2.30 bits per heavy atom. The predicted molar refractivity (Wildman–Crippen MR) is 112 cm³/mol. The van der Waals surface area contributed by atoms with Crippen molar-refractivity contribution in [1.29, 1.82) is 0 Å². The van der Waals surface area contributed by atoms with E-state index in [9.17, 15) is 4.79 Å². The molecule has 0 bridgehead atoms. The van der Waals surface area contributed by atoms with Gasteiger partial charge in [-0.25, -0.2) is 0 Å². The van der Waals surface area contributed by atoms with Crippen LogP contribution < -0.4 is 15.0 Å². The van der Waals surface area contributed by atoms with Gasteiger partial charge in [-0.1, -0.05) is 20.8 Å². The smallest absolute Gasteiger partial charge is 0.255 e. The number of nitrogens with one attached hydrogen (secondary N) is 1. The van der Waals surface area contributed by atoms with Crippen molar-refractivity contribution in [2.45, 2.75) is 33.6 Å². The number of hydrogen-bond donors (Lipinski definition) is 1. The third-order valence-electron chi connectivity index (χ3n) is 4.97. The van der Waals surface area contributed by atoms with Gasteiger partial charge in [0, 0.05) is 30.0 Å². The van der Waals surface area contributed by atoms with Gasteiger partial charge in [-0.2, -0.15) is 0 Å². The summed E-state index contributed by atoms with van der Waals surface area (Å²) in [5, 5.41) is 2.97. The monoisotopic (exact) mass is 366 g/mol. The topological polar surface area (TPSA) is 41.6 Å². The highest BCUT2D eigenvalue weighted by Gasteiger charge is 2.16. The minimum absolute atomic E-state index is 0.107. The Kier molecular flexibility index (Phi) is 6.38. The number of nitrogens with zero attached hydrogens (tertiary/aromatic N) is 1. The van der Waals surface area contributed by atoms with Crippen molar-refractivity contribution in [2.75, 3.05) is 29.9 Å². The van der Waals surface area contributed by atoms with E-state index in [-0.39, 0.29) is 5.91 Å². The Bertz CT molecular complexity index is 730. The highest BCUT2D eigenvalue weighted by atomic mass is 16.5. The van der Waals surface area contributed by atoms with Gasteiger partial charge in [0.15, 0.2) is 0 Å². The minimum Gasteiger partial charge on any atom is -0.493 e. The van der Waals surface area contributed by atoms with Gasteiger partial charge >= 0.3 is 0 Å². The van der Waals surface area contributed by atoms with E-state index in [0.29, 0.717) is 18.1 Å². The number of carbonyl (C=O) groups excluding carboxylic acids is 1. The standard InChI is InChI=1S/C23H30N2O2/c1-17(2)16-27-22-10-4-19(5-11-22)23(26)24-20-6-8-21(9-7-20)25-14-12-18(3)13-15-25/h4-11,17-18H,12-16H2,1-3H3,(H,24,26). The first kappa shape index (κ1) is 19.3. The van der Waals surface area contributed by atoms with Crippen LogP contribution in [0.4, 0.5) is 11.4 Å². The van der Waals surface area contributed by atoms with E-state index in [1.54, 1.807) is 12.1 Å². The van der Waals surface area contributed by atoms with Crippen LogP contribution in [0.5, 0.6) is 5.75 Å². The quantitative estimate of drug-likeness (QED) is 0.763. The Morgan fingerprint density at radius 2 is 1.70 bits per heavy atom. The van der Waals surface area contributed by atoms with Crippen molar-refractivity contribution in [1.82, 2.24) is 0 Å². The maximum atomic E-state index is 12.5. The summed E-state index contributed by atoms with van der Waals surface area (Å²) in [5.41, 5.74) is 2.67. The highest BCUT2D eigenvalue weighted by Crippen LogP contribution is 2.24. The maximum Gasteiger partial charge on any atom is 0.255 e. The van der Waals surface area contributed by atoms with Crippen molar-refractivity contribution in [3.8, 4) is 5.75 Å². The molecular weight excluding hydrogens is 336 g/mol. The molecule has 0 unspecified atom stereocenters. The molecule has 1 aliphatic heterocycles. The lowest BCUT2D eigenvalue weighted by atomic mass is 9.99. The molecule has 3 rings (SSSR count). The molecule has 0 spiro atoms. The Morgan fingerprint density at radius 1 is 1.07 bits per heavy atom. The summed E-state index contributed by atoms with van der Waals surface area (Å²) in [6.45, 7) is 9.43. The summed E-state index contributed by atoms with van der Waals surface area (Å²) in [6.07, 6.45) is 2.49. The summed E-state index contributed by atoms with van der Waals surface area (Å²) < 4.78 is 5.66. The van der Waals surface area contributed by atoms with Gasteiger partial charge in [-0.3, -0.25) is 4.79 Å². The predicted octanol–water partition coefficient (Wildman–Crippen LogP) is 5.21. The van der Waals surface area contributed by atoms with E-state index in [4.69, 9.17) is 4.74 Å². The molecule has 0 atom stereocenters. The van der Waals surface area contributed by atoms with Gasteiger partial charge in [0.2, 0.25) is 0 Å². The van der Waals surface area contributed by atoms with Gasteiger partial charge in [-0.15, -0.1) is 0 Å². The summed E-state index contributed by atoms with van der Waals surface area (Å²) in [4.78, 5) is 14.9. The molecule has 27 heavy (non-hydrogen) atoms. The lowest BCUT2D eigenvalue weighted by Crippen LogP contribution is -2.32. The zero-order valence-electron chi connectivity index (χ0n) is 16.6. The first-order valence-electron chi connectivity index (χ1n) is 9.90. The number of rotatable bonds is 6. The van der Waals surface area contributed by atoms with Crippen LogP contribution in [-0.4, -0.2) is 25.6 Å². The molecule has 1 heterocycles. The van der Waals surface area contributed by atoms with Crippen LogP contribution in [0, 0.1) is 11.8 Å². The van der Waals surface area contributed by atoms with Crippen LogP contribution in [0.3, 0.4) is 0 Å². The van der Waals surface area contributed by atoms with Crippen molar-refractivity contribution < 1.29 is 9.53 Å². The summed E-state index contributed by atoms with van der Waals surface area (Å²) >= 11 is 0. The molecule has 0 aliphatic carbocycles. The fourth-order valence-corrected chi connectivity index (χ4v) is 3.19. The molecular formula is C23H30N2O2. The molecule has 144 valence electrons. The second-order valence-electron chi connectivity index (χ2n) is 7.90.